The number of nitro groups is 1. The van der Waals surface area contributed by atoms with Gasteiger partial charge in [-0.15, -0.1) is 0 Å². The Labute approximate surface area is 126 Å². The van der Waals surface area contributed by atoms with E-state index in [-0.39, 0.29) is 12.1 Å². The highest BCUT2D eigenvalue weighted by atomic mass is 19.1. The molecule has 0 fully saturated rings. The number of halogens is 1. The number of nitriles is 1. The fourth-order valence-corrected chi connectivity index (χ4v) is 2.19. The van der Waals surface area contributed by atoms with E-state index in [1.807, 2.05) is 0 Å². The fourth-order valence-electron chi connectivity index (χ4n) is 2.19. The van der Waals surface area contributed by atoms with Crippen LogP contribution in [0.3, 0.4) is 0 Å². The number of ether oxygens (including phenoxy) is 1. The highest BCUT2D eigenvalue weighted by molar-refractivity contribution is 5.40. The van der Waals surface area contributed by atoms with E-state index in [0.717, 1.165) is 0 Å². The highest BCUT2D eigenvalue weighted by Crippen LogP contribution is 2.28. The van der Waals surface area contributed by atoms with Crippen molar-refractivity contribution in [2.75, 3.05) is 7.11 Å². The first kappa shape index (κ1) is 15.4. The largest absolute Gasteiger partial charge is 0.496 e. The van der Waals surface area contributed by atoms with Gasteiger partial charge in [-0.25, -0.2) is 4.39 Å². The van der Waals surface area contributed by atoms with E-state index in [0.29, 0.717) is 16.9 Å². The monoisotopic (exact) mass is 300 g/mol. The first-order chi connectivity index (χ1) is 10.5. The van der Waals surface area contributed by atoms with Crippen LogP contribution < -0.4 is 4.74 Å². The number of nitrogens with zero attached hydrogens (tertiary/aromatic N) is 2. The smallest absolute Gasteiger partial charge is 0.269 e. The van der Waals surface area contributed by atoms with Crippen LogP contribution in [0.1, 0.15) is 17.0 Å². The minimum absolute atomic E-state index is 0.0382. The van der Waals surface area contributed by atoms with Gasteiger partial charge in [0.2, 0.25) is 0 Å². The van der Waals surface area contributed by atoms with E-state index in [9.17, 15) is 19.8 Å². The Bertz CT molecular complexity index is 723. The van der Waals surface area contributed by atoms with Gasteiger partial charge < -0.3 is 4.74 Å². The number of nitro benzene ring substituents is 1. The number of benzene rings is 2. The summed E-state index contributed by atoms with van der Waals surface area (Å²) in [7, 11) is 1.48. The van der Waals surface area contributed by atoms with Gasteiger partial charge >= 0.3 is 0 Å². The molecule has 2 aromatic carbocycles. The van der Waals surface area contributed by atoms with Crippen molar-refractivity contribution in [2.45, 2.75) is 12.3 Å². The molecule has 0 spiro atoms. The molecule has 0 heterocycles. The molecule has 6 heteroatoms. The van der Waals surface area contributed by atoms with E-state index in [1.165, 1.54) is 49.6 Å². The van der Waals surface area contributed by atoms with Crippen LogP contribution >= 0.6 is 0 Å². The average Bonchev–Trinajstić information content (AvgIpc) is 2.53. The van der Waals surface area contributed by atoms with Crippen molar-refractivity contribution in [2.24, 2.45) is 0 Å². The van der Waals surface area contributed by atoms with Gasteiger partial charge in [-0.1, -0.05) is 12.1 Å². The lowest BCUT2D eigenvalue weighted by Crippen LogP contribution is -2.03. The molecule has 1 unspecified atom stereocenters. The summed E-state index contributed by atoms with van der Waals surface area (Å²) in [6, 6.07) is 12.0. The van der Waals surface area contributed by atoms with Crippen LogP contribution in [0.2, 0.25) is 0 Å². The number of non-ortho nitro benzene ring substituents is 1. The molecule has 0 bridgehead atoms. The Morgan fingerprint density at radius 3 is 2.55 bits per heavy atom. The van der Waals surface area contributed by atoms with E-state index < -0.39 is 16.7 Å². The van der Waals surface area contributed by atoms with Gasteiger partial charge in [0.25, 0.3) is 5.69 Å². The van der Waals surface area contributed by atoms with Gasteiger partial charge in [-0.3, -0.25) is 10.1 Å². The van der Waals surface area contributed by atoms with Crippen LogP contribution in [0, 0.1) is 27.3 Å². The second kappa shape index (κ2) is 6.68. The normalized spacial score (nSPS) is 11.5. The minimum atomic E-state index is -0.545. The molecule has 22 heavy (non-hydrogen) atoms. The SMILES string of the molecule is COc1ccc(F)cc1CC(C#N)c1ccc([N+](=O)[O-])cc1. The zero-order chi connectivity index (χ0) is 16.1. The first-order valence-electron chi connectivity index (χ1n) is 6.51. The molecule has 0 saturated heterocycles. The Kier molecular flexibility index (Phi) is 4.69. The van der Waals surface area contributed by atoms with E-state index in [1.54, 1.807) is 0 Å². The lowest BCUT2D eigenvalue weighted by atomic mass is 9.92. The second-order valence-electron chi connectivity index (χ2n) is 4.69. The number of methoxy groups -OCH3 is 1. The molecule has 2 rings (SSSR count). The van der Waals surface area contributed by atoms with Crippen molar-refractivity contribution in [1.82, 2.24) is 0 Å². The Hall–Kier alpha value is -2.94. The quantitative estimate of drug-likeness (QED) is 0.624. The van der Waals surface area contributed by atoms with E-state index in [2.05, 4.69) is 6.07 Å². The summed E-state index contributed by atoms with van der Waals surface area (Å²) < 4.78 is 18.5. The molecule has 0 saturated carbocycles. The topological polar surface area (TPSA) is 76.2 Å². The summed E-state index contributed by atoms with van der Waals surface area (Å²) in [4.78, 5) is 10.1. The van der Waals surface area contributed by atoms with Crippen LogP contribution in [0.4, 0.5) is 10.1 Å². The Balaban J connectivity index is 2.28. The molecule has 0 aliphatic heterocycles. The number of hydrogen-bond donors (Lipinski definition) is 0. The van der Waals surface area contributed by atoms with Crippen molar-refractivity contribution < 1.29 is 14.1 Å². The summed E-state index contributed by atoms with van der Waals surface area (Å²) in [5.41, 5.74) is 1.18. The van der Waals surface area contributed by atoms with Crippen LogP contribution in [-0.4, -0.2) is 12.0 Å². The highest BCUT2D eigenvalue weighted by Gasteiger charge is 2.16. The zero-order valence-corrected chi connectivity index (χ0v) is 11.8. The Morgan fingerprint density at radius 1 is 1.32 bits per heavy atom. The van der Waals surface area contributed by atoms with Crippen LogP contribution in [0.15, 0.2) is 42.5 Å². The molecular weight excluding hydrogens is 287 g/mol. The van der Waals surface area contributed by atoms with Gasteiger partial charge in [0.15, 0.2) is 0 Å². The predicted molar refractivity (Wildman–Crippen MR) is 78.1 cm³/mol. The molecular formula is C16H13FN2O3. The number of hydrogen-bond acceptors (Lipinski definition) is 4. The molecule has 2 aromatic rings. The van der Waals surface area contributed by atoms with Gasteiger partial charge in [0.1, 0.15) is 11.6 Å². The molecule has 0 aliphatic rings. The van der Waals surface area contributed by atoms with Crippen molar-refractivity contribution in [3.8, 4) is 11.8 Å². The minimum Gasteiger partial charge on any atom is -0.496 e. The molecule has 0 radical (unpaired) electrons. The lowest BCUT2D eigenvalue weighted by Gasteiger charge is -2.13. The molecule has 0 N–H and O–H groups in total. The van der Waals surface area contributed by atoms with Gasteiger partial charge in [-0.05, 0) is 35.7 Å². The molecule has 5 nitrogen and oxygen atoms in total. The molecule has 0 aliphatic carbocycles. The Morgan fingerprint density at radius 2 is 2.00 bits per heavy atom. The predicted octanol–water partition coefficient (Wildman–Crippen LogP) is 3.59. The van der Waals surface area contributed by atoms with Gasteiger partial charge in [0.05, 0.1) is 24.0 Å². The molecule has 1 atom stereocenters. The van der Waals surface area contributed by atoms with Gasteiger partial charge in [-0.2, -0.15) is 5.26 Å². The third-order valence-corrected chi connectivity index (χ3v) is 3.33. The maximum Gasteiger partial charge on any atom is 0.269 e. The zero-order valence-electron chi connectivity index (χ0n) is 11.8. The van der Waals surface area contributed by atoms with Crippen LogP contribution in [-0.2, 0) is 6.42 Å². The van der Waals surface area contributed by atoms with Crippen molar-refractivity contribution >= 4 is 5.69 Å². The summed E-state index contributed by atoms with van der Waals surface area (Å²) in [6.45, 7) is 0. The van der Waals surface area contributed by atoms with Crippen molar-refractivity contribution in [3.05, 3.63) is 69.5 Å². The van der Waals surface area contributed by atoms with Gasteiger partial charge in [0, 0.05) is 12.1 Å². The summed E-state index contributed by atoms with van der Waals surface area (Å²) in [6.07, 6.45) is 0.259. The fraction of sp³-hybridized carbons (Fsp3) is 0.188. The van der Waals surface area contributed by atoms with Crippen molar-refractivity contribution in [1.29, 1.82) is 5.26 Å². The van der Waals surface area contributed by atoms with Crippen molar-refractivity contribution in [3.63, 3.8) is 0 Å². The third-order valence-electron chi connectivity index (χ3n) is 3.33. The molecule has 0 amide bonds. The summed E-state index contributed by atoms with van der Waals surface area (Å²) in [5.74, 6) is -0.448. The maximum absolute atomic E-state index is 13.4. The summed E-state index contributed by atoms with van der Waals surface area (Å²) >= 11 is 0. The standard InChI is InChI=1S/C16H13FN2O3/c1-22-16-7-4-14(17)9-12(16)8-13(10-18)11-2-5-15(6-3-11)19(20)21/h2-7,9,13H,8H2,1H3. The summed E-state index contributed by atoms with van der Waals surface area (Å²) in [5, 5.41) is 20.0. The van der Waals surface area contributed by atoms with Crippen LogP contribution in [0.5, 0.6) is 5.75 Å². The number of rotatable bonds is 5. The first-order valence-corrected chi connectivity index (χ1v) is 6.51. The molecule has 112 valence electrons. The maximum atomic E-state index is 13.4. The third kappa shape index (κ3) is 3.38. The van der Waals surface area contributed by atoms with E-state index >= 15 is 0 Å². The van der Waals surface area contributed by atoms with E-state index in [4.69, 9.17) is 4.74 Å². The second-order valence-corrected chi connectivity index (χ2v) is 4.69. The van der Waals surface area contributed by atoms with Crippen LogP contribution in [0.25, 0.3) is 0 Å². The average molecular weight is 300 g/mol. The molecule has 0 aromatic heterocycles. The lowest BCUT2D eigenvalue weighted by molar-refractivity contribution is -0.384.